The average Bonchev–Trinajstić information content (AvgIpc) is 3.64. The number of sulfonamides is 1. The van der Waals surface area contributed by atoms with Crippen LogP contribution in [0, 0.1) is 6.92 Å². The molecule has 2 amide bonds. The number of nitrogens with zero attached hydrogens (tertiary/aromatic N) is 2. The zero-order chi connectivity index (χ0) is 28.1. The Kier molecular flexibility index (Phi) is 6.54. The standard InChI is InChI=1S/C30H31N3O6S/c1-20-3-7-24(31-29(35)30(11-12-30)23-6-10-27-28(17-23)39-19-38-27)18-26(20)22-4-8-25(9-5-22)40(36,37)33-15-13-32(14-16-33)21(2)34/h3-10,17-18H,11-16,19H2,1-2H3,(H,31,35). The minimum absolute atomic E-state index is 0.0459. The topological polar surface area (TPSA) is 105 Å². The lowest BCUT2D eigenvalue weighted by molar-refractivity contribution is -0.130. The van der Waals surface area contributed by atoms with Gasteiger partial charge in [0.15, 0.2) is 11.5 Å². The quantitative estimate of drug-likeness (QED) is 0.489. The Hall–Kier alpha value is -3.89. The van der Waals surface area contributed by atoms with Crippen LogP contribution in [0.15, 0.2) is 65.6 Å². The highest BCUT2D eigenvalue weighted by molar-refractivity contribution is 7.89. The first-order valence-corrected chi connectivity index (χ1v) is 14.8. The van der Waals surface area contributed by atoms with Crippen LogP contribution < -0.4 is 14.8 Å². The number of nitrogens with one attached hydrogen (secondary N) is 1. The maximum absolute atomic E-state index is 13.4. The number of amides is 2. The van der Waals surface area contributed by atoms with Crippen molar-refractivity contribution in [1.82, 2.24) is 9.21 Å². The number of aryl methyl sites for hydroxylation is 1. The van der Waals surface area contributed by atoms with E-state index in [9.17, 15) is 18.0 Å². The molecule has 0 spiro atoms. The van der Waals surface area contributed by atoms with E-state index < -0.39 is 15.4 Å². The van der Waals surface area contributed by atoms with Crippen molar-refractivity contribution in [2.24, 2.45) is 0 Å². The SMILES string of the molecule is CC(=O)N1CCN(S(=O)(=O)c2ccc(-c3cc(NC(=O)C4(c5ccc6c(c5)OCO6)CC4)ccc3C)cc2)CC1. The van der Waals surface area contributed by atoms with Gasteiger partial charge in [-0.2, -0.15) is 4.31 Å². The van der Waals surface area contributed by atoms with Gasteiger partial charge in [0.2, 0.25) is 28.6 Å². The Morgan fingerprint density at radius 1 is 0.875 bits per heavy atom. The number of fused-ring (bicyclic) bond motifs is 1. The summed E-state index contributed by atoms with van der Waals surface area (Å²) in [6, 6.07) is 18.3. The summed E-state index contributed by atoms with van der Waals surface area (Å²) in [5, 5.41) is 3.10. The van der Waals surface area contributed by atoms with Crippen molar-refractivity contribution in [3.05, 3.63) is 71.8 Å². The summed E-state index contributed by atoms with van der Waals surface area (Å²) >= 11 is 0. The molecule has 0 unspecified atom stereocenters. The van der Waals surface area contributed by atoms with E-state index >= 15 is 0 Å². The van der Waals surface area contributed by atoms with E-state index in [-0.39, 0.29) is 36.6 Å². The number of piperazine rings is 1. The van der Waals surface area contributed by atoms with E-state index in [1.807, 2.05) is 43.3 Å². The lowest BCUT2D eigenvalue weighted by Crippen LogP contribution is -2.49. The molecule has 1 aliphatic carbocycles. The van der Waals surface area contributed by atoms with Crippen molar-refractivity contribution in [2.45, 2.75) is 37.0 Å². The zero-order valence-corrected chi connectivity index (χ0v) is 23.3. The predicted molar refractivity (Wildman–Crippen MR) is 150 cm³/mol. The first-order chi connectivity index (χ1) is 19.2. The Morgan fingerprint density at radius 3 is 2.25 bits per heavy atom. The highest BCUT2D eigenvalue weighted by Crippen LogP contribution is 2.51. The van der Waals surface area contributed by atoms with Gasteiger partial charge < -0.3 is 19.7 Å². The summed E-state index contributed by atoms with van der Waals surface area (Å²) in [7, 11) is -3.66. The zero-order valence-electron chi connectivity index (χ0n) is 22.5. The summed E-state index contributed by atoms with van der Waals surface area (Å²) < 4.78 is 38.7. The molecule has 2 aliphatic heterocycles. The highest BCUT2D eigenvalue weighted by Gasteiger charge is 2.51. The Bertz CT molecular complexity index is 1590. The van der Waals surface area contributed by atoms with Gasteiger partial charge in [0, 0.05) is 38.8 Å². The van der Waals surface area contributed by atoms with E-state index in [1.54, 1.807) is 29.2 Å². The molecule has 0 aromatic heterocycles. The van der Waals surface area contributed by atoms with Crippen LogP contribution in [-0.2, 0) is 25.0 Å². The molecule has 6 rings (SSSR count). The molecule has 3 aromatic rings. The number of hydrogen-bond acceptors (Lipinski definition) is 6. The van der Waals surface area contributed by atoms with E-state index in [0.717, 1.165) is 35.1 Å². The first-order valence-electron chi connectivity index (χ1n) is 13.4. The molecular formula is C30H31N3O6S. The van der Waals surface area contributed by atoms with Crippen molar-refractivity contribution in [1.29, 1.82) is 0 Å². The van der Waals surface area contributed by atoms with Crippen molar-refractivity contribution in [2.75, 3.05) is 38.3 Å². The number of hydrogen-bond donors (Lipinski definition) is 1. The van der Waals surface area contributed by atoms with Crippen molar-refractivity contribution < 1.29 is 27.5 Å². The van der Waals surface area contributed by atoms with E-state index in [2.05, 4.69) is 5.32 Å². The maximum atomic E-state index is 13.4. The minimum Gasteiger partial charge on any atom is -0.454 e. The van der Waals surface area contributed by atoms with Crippen LogP contribution in [0.5, 0.6) is 11.5 Å². The van der Waals surface area contributed by atoms with Crippen molar-refractivity contribution in [3.8, 4) is 22.6 Å². The molecule has 3 aliphatic rings. The molecule has 0 atom stereocenters. The minimum atomic E-state index is -3.66. The summed E-state index contributed by atoms with van der Waals surface area (Å²) in [6.45, 7) is 5.00. The third kappa shape index (κ3) is 4.71. The summed E-state index contributed by atoms with van der Waals surface area (Å²) in [5.74, 6) is 1.25. The smallest absolute Gasteiger partial charge is 0.243 e. The van der Waals surface area contributed by atoms with Crippen LogP contribution in [-0.4, -0.2) is 62.4 Å². The Labute approximate surface area is 233 Å². The highest BCUT2D eigenvalue weighted by atomic mass is 32.2. The fourth-order valence-electron chi connectivity index (χ4n) is 5.43. The molecule has 0 radical (unpaired) electrons. The average molecular weight is 562 g/mol. The van der Waals surface area contributed by atoms with Gasteiger partial charge >= 0.3 is 0 Å². The first kappa shape index (κ1) is 26.3. The third-order valence-corrected chi connectivity index (χ3v) is 10.0. The molecular weight excluding hydrogens is 530 g/mol. The molecule has 40 heavy (non-hydrogen) atoms. The van der Waals surface area contributed by atoms with Gasteiger partial charge in [-0.05, 0) is 78.4 Å². The number of carbonyl (C=O) groups excluding carboxylic acids is 2. The van der Waals surface area contributed by atoms with Gasteiger partial charge in [-0.3, -0.25) is 9.59 Å². The van der Waals surface area contributed by atoms with Crippen molar-refractivity contribution >= 4 is 27.5 Å². The molecule has 0 bridgehead atoms. The van der Waals surface area contributed by atoms with Crippen LogP contribution in [0.25, 0.3) is 11.1 Å². The van der Waals surface area contributed by atoms with E-state index in [1.165, 1.54) is 11.2 Å². The van der Waals surface area contributed by atoms with Crippen LogP contribution in [0.3, 0.4) is 0 Å². The van der Waals surface area contributed by atoms with Crippen molar-refractivity contribution in [3.63, 3.8) is 0 Å². The number of rotatable bonds is 6. The lowest BCUT2D eigenvalue weighted by Gasteiger charge is -2.33. The normalized spacial score (nSPS) is 17.9. The predicted octanol–water partition coefficient (Wildman–Crippen LogP) is 3.91. The fraction of sp³-hybridized carbons (Fsp3) is 0.333. The largest absolute Gasteiger partial charge is 0.454 e. The second kappa shape index (κ2) is 9.94. The number of ether oxygens (including phenoxy) is 2. The molecule has 9 nitrogen and oxygen atoms in total. The summed E-state index contributed by atoms with van der Waals surface area (Å²) in [4.78, 5) is 26.9. The van der Waals surface area contributed by atoms with Gasteiger partial charge in [-0.15, -0.1) is 0 Å². The number of carbonyl (C=O) groups is 2. The van der Waals surface area contributed by atoms with Gasteiger partial charge in [0.1, 0.15) is 0 Å². The second-order valence-corrected chi connectivity index (χ2v) is 12.5. The number of benzene rings is 3. The Morgan fingerprint density at radius 2 is 1.57 bits per heavy atom. The summed E-state index contributed by atoms with van der Waals surface area (Å²) in [6.07, 6.45) is 1.52. The van der Waals surface area contributed by atoms with Gasteiger partial charge in [-0.1, -0.05) is 24.3 Å². The van der Waals surface area contributed by atoms with Gasteiger partial charge in [-0.25, -0.2) is 8.42 Å². The lowest BCUT2D eigenvalue weighted by atomic mass is 9.94. The van der Waals surface area contributed by atoms with Gasteiger partial charge in [0.25, 0.3) is 0 Å². The van der Waals surface area contributed by atoms with Crippen LogP contribution in [0.1, 0.15) is 30.9 Å². The molecule has 10 heteroatoms. The molecule has 2 fully saturated rings. The molecule has 208 valence electrons. The molecule has 1 saturated carbocycles. The van der Waals surface area contributed by atoms with Crippen LogP contribution >= 0.6 is 0 Å². The van der Waals surface area contributed by atoms with Crippen LogP contribution in [0.2, 0.25) is 0 Å². The fourth-order valence-corrected chi connectivity index (χ4v) is 6.85. The van der Waals surface area contributed by atoms with E-state index in [0.29, 0.717) is 30.3 Å². The maximum Gasteiger partial charge on any atom is 0.243 e. The molecule has 2 heterocycles. The second-order valence-electron chi connectivity index (χ2n) is 10.6. The van der Waals surface area contributed by atoms with Gasteiger partial charge in [0.05, 0.1) is 10.3 Å². The molecule has 1 saturated heterocycles. The Balaban J connectivity index is 1.18. The third-order valence-electron chi connectivity index (χ3n) is 8.09. The summed E-state index contributed by atoms with van der Waals surface area (Å²) in [5.41, 5.74) is 3.78. The number of anilines is 1. The molecule has 3 aromatic carbocycles. The molecule has 1 N–H and O–H groups in total. The van der Waals surface area contributed by atoms with Crippen LogP contribution in [0.4, 0.5) is 5.69 Å². The monoisotopic (exact) mass is 561 g/mol. The van der Waals surface area contributed by atoms with E-state index in [4.69, 9.17) is 9.47 Å².